The first-order valence-electron chi connectivity index (χ1n) is 8.46. The van der Waals surface area contributed by atoms with Crippen molar-refractivity contribution >= 4 is 22.8 Å². The standard InChI is InChI=1S/C18H19N5O3/c1-10-14(15(19)16-17(20-10)23-26-22-16)8-11-2-4-12(5-3-11)18(24)21-13-6-7-25-9-13/h2-5,13H,6-9,19H2,1H3,(H,21,24). The number of benzene rings is 1. The summed E-state index contributed by atoms with van der Waals surface area (Å²) in [4.78, 5) is 16.6. The van der Waals surface area contributed by atoms with E-state index in [1.165, 1.54) is 0 Å². The van der Waals surface area contributed by atoms with Crippen LogP contribution >= 0.6 is 0 Å². The molecule has 2 aromatic heterocycles. The Morgan fingerprint density at radius 1 is 1.31 bits per heavy atom. The fourth-order valence-corrected chi connectivity index (χ4v) is 3.11. The van der Waals surface area contributed by atoms with Gasteiger partial charge in [0.25, 0.3) is 5.91 Å². The Bertz CT molecular complexity index is 945. The highest BCUT2D eigenvalue weighted by atomic mass is 16.6. The number of nitrogens with one attached hydrogen (secondary N) is 1. The summed E-state index contributed by atoms with van der Waals surface area (Å²) in [5.74, 6) is -0.0838. The van der Waals surface area contributed by atoms with Crippen LogP contribution in [0.5, 0.6) is 0 Å². The predicted octanol–water partition coefficient (Wildman–Crippen LogP) is 1.62. The zero-order valence-corrected chi connectivity index (χ0v) is 14.4. The van der Waals surface area contributed by atoms with Gasteiger partial charge in [-0.25, -0.2) is 9.61 Å². The first kappa shape index (κ1) is 16.5. The molecule has 1 amide bonds. The second kappa shape index (κ2) is 6.72. The Morgan fingerprint density at radius 2 is 2.12 bits per heavy atom. The van der Waals surface area contributed by atoms with E-state index in [-0.39, 0.29) is 11.9 Å². The molecule has 8 nitrogen and oxygen atoms in total. The summed E-state index contributed by atoms with van der Waals surface area (Å²) in [5.41, 5.74) is 10.9. The summed E-state index contributed by atoms with van der Waals surface area (Å²) in [6.45, 7) is 3.16. The maximum Gasteiger partial charge on any atom is 0.251 e. The van der Waals surface area contributed by atoms with E-state index in [0.717, 1.165) is 23.2 Å². The number of amides is 1. The molecule has 1 aromatic carbocycles. The molecule has 1 aliphatic heterocycles. The molecule has 0 bridgehead atoms. The van der Waals surface area contributed by atoms with Crippen molar-refractivity contribution in [1.29, 1.82) is 0 Å². The summed E-state index contributed by atoms with van der Waals surface area (Å²) < 4.78 is 9.98. The molecule has 134 valence electrons. The zero-order chi connectivity index (χ0) is 18.1. The number of hydrogen-bond acceptors (Lipinski definition) is 7. The summed E-state index contributed by atoms with van der Waals surface area (Å²) in [6.07, 6.45) is 1.45. The van der Waals surface area contributed by atoms with Gasteiger partial charge in [0, 0.05) is 29.8 Å². The van der Waals surface area contributed by atoms with E-state index in [2.05, 4.69) is 20.6 Å². The molecule has 8 heteroatoms. The average molecular weight is 353 g/mol. The van der Waals surface area contributed by atoms with Crippen LogP contribution in [0.15, 0.2) is 28.9 Å². The summed E-state index contributed by atoms with van der Waals surface area (Å²) in [5, 5.41) is 10.5. The van der Waals surface area contributed by atoms with Crippen molar-refractivity contribution in [3.63, 3.8) is 0 Å². The molecule has 0 saturated carbocycles. The van der Waals surface area contributed by atoms with E-state index in [1.807, 2.05) is 31.2 Å². The molecule has 4 rings (SSSR count). The minimum atomic E-state index is -0.0838. The van der Waals surface area contributed by atoms with Crippen LogP contribution in [0.4, 0.5) is 5.69 Å². The van der Waals surface area contributed by atoms with Crippen molar-refractivity contribution in [3.05, 3.63) is 46.6 Å². The van der Waals surface area contributed by atoms with Gasteiger partial charge in [-0.1, -0.05) is 12.1 Å². The quantitative estimate of drug-likeness (QED) is 0.732. The number of pyridine rings is 1. The molecule has 3 heterocycles. The van der Waals surface area contributed by atoms with Gasteiger partial charge in [0.15, 0.2) is 5.52 Å². The van der Waals surface area contributed by atoms with Gasteiger partial charge in [-0.05, 0) is 41.4 Å². The molecule has 0 aliphatic carbocycles. The predicted molar refractivity (Wildman–Crippen MR) is 94.7 cm³/mol. The highest BCUT2D eigenvalue weighted by Crippen LogP contribution is 2.25. The van der Waals surface area contributed by atoms with Gasteiger partial charge in [-0.2, -0.15) is 0 Å². The molecule has 3 aromatic rings. The Morgan fingerprint density at radius 3 is 2.85 bits per heavy atom. The molecular formula is C18H19N5O3. The van der Waals surface area contributed by atoms with Gasteiger partial charge in [-0.3, -0.25) is 4.79 Å². The molecule has 1 saturated heterocycles. The Kier molecular flexibility index (Phi) is 4.26. The third-order valence-electron chi connectivity index (χ3n) is 4.62. The van der Waals surface area contributed by atoms with Crippen molar-refractivity contribution in [2.75, 3.05) is 18.9 Å². The van der Waals surface area contributed by atoms with Crippen LogP contribution < -0.4 is 11.1 Å². The van der Waals surface area contributed by atoms with Crippen LogP contribution in [0, 0.1) is 6.92 Å². The second-order valence-corrected chi connectivity index (χ2v) is 6.43. The number of anilines is 1. The van der Waals surface area contributed by atoms with E-state index >= 15 is 0 Å². The van der Waals surface area contributed by atoms with Gasteiger partial charge in [0.2, 0.25) is 5.65 Å². The number of rotatable bonds is 4. The van der Waals surface area contributed by atoms with Gasteiger partial charge >= 0.3 is 0 Å². The highest BCUT2D eigenvalue weighted by molar-refractivity contribution is 5.94. The molecule has 26 heavy (non-hydrogen) atoms. The summed E-state index contributed by atoms with van der Waals surface area (Å²) >= 11 is 0. The van der Waals surface area contributed by atoms with Gasteiger partial charge in [-0.15, -0.1) is 0 Å². The van der Waals surface area contributed by atoms with Crippen molar-refractivity contribution in [2.45, 2.75) is 25.8 Å². The maximum atomic E-state index is 12.3. The zero-order valence-electron chi connectivity index (χ0n) is 14.4. The Labute approximate surface area is 149 Å². The molecule has 3 N–H and O–H groups in total. The van der Waals surface area contributed by atoms with E-state index in [4.69, 9.17) is 15.1 Å². The van der Waals surface area contributed by atoms with E-state index in [0.29, 0.717) is 42.0 Å². The van der Waals surface area contributed by atoms with E-state index in [9.17, 15) is 4.79 Å². The third kappa shape index (κ3) is 3.11. The number of nitrogens with two attached hydrogens (primary N) is 1. The van der Waals surface area contributed by atoms with Crippen LogP contribution in [0.25, 0.3) is 11.2 Å². The van der Waals surface area contributed by atoms with Crippen molar-refractivity contribution in [3.8, 4) is 0 Å². The highest BCUT2D eigenvalue weighted by Gasteiger charge is 2.19. The Balaban J connectivity index is 1.51. The van der Waals surface area contributed by atoms with E-state index in [1.54, 1.807) is 0 Å². The fourth-order valence-electron chi connectivity index (χ4n) is 3.11. The molecule has 1 aliphatic rings. The molecule has 0 spiro atoms. The molecule has 1 unspecified atom stereocenters. The van der Waals surface area contributed by atoms with Crippen LogP contribution in [-0.2, 0) is 11.2 Å². The summed E-state index contributed by atoms with van der Waals surface area (Å²) in [7, 11) is 0. The van der Waals surface area contributed by atoms with E-state index < -0.39 is 0 Å². The van der Waals surface area contributed by atoms with Gasteiger partial charge in [0.1, 0.15) is 0 Å². The minimum Gasteiger partial charge on any atom is -0.396 e. The number of aromatic nitrogens is 3. The SMILES string of the molecule is Cc1nc2nonc2c(N)c1Cc1ccc(C(=O)NC2CCOC2)cc1. The smallest absolute Gasteiger partial charge is 0.251 e. The Hall–Kier alpha value is -3.00. The first-order chi connectivity index (χ1) is 12.6. The van der Waals surface area contributed by atoms with Crippen molar-refractivity contribution in [1.82, 2.24) is 20.6 Å². The lowest BCUT2D eigenvalue weighted by atomic mass is 10.0. The van der Waals surface area contributed by atoms with Crippen LogP contribution in [0.3, 0.4) is 0 Å². The molecular weight excluding hydrogens is 334 g/mol. The lowest BCUT2D eigenvalue weighted by Crippen LogP contribution is -2.34. The number of nitrogen functional groups attached to an aromatic ring is 1. The molecule has 1 fully saturated rings. The lowest BCUT2D eigenvalue weighted by molar-refractivity contribution is 0.0930. The van der Waals surface area contributed by atoms with Crippen LogP contribution in [-0.4, -0.2) is 40.5 Å². The fraction of sp³-hybridized carbons (Fsp3) is 0.333. The van der Waals surface area contributed by atoms with Gasteiger partial charge in [0.05, 0.1) is 18.3 Å². The number of carbonyl (C=O) groups is 1. The monoisotopic (exact) mass is 353 g/mol. The summed E-state index contributed by atoms with van der Waals surface area (Å²) in [6, 6.07) is 7.57. The number of carbonyl (C=O) groups excluding carboxylic acids is 1. The third-order valence-corrected chi connectivity index (χ3v) is 4.62. The average Bonchev–Trinajstić information content (AvgIpc) is 3.31. The van der Waals surface area contributed by atoms with Crippen molar-refractivity contribution < 1.29 is 14.2 Å². The number of aryl methyl sites for hydroxylation is 1. The minimum absolute atomic E-state index is 0.0838. The topological polar surface area (TPSA) is 116 Å². The first-order valence-corrected chi connectivity index (χ1v) is 8.46. The number of ether oxygens (including phenoxy) is 1. The molecule has 1 atom stereocenters. The maximum absolute atomic E-state index is 12.3. The molecule has 0 radical (unpaired) electrons. The lowest BCUT2D eigenvalue weighted by Gasteiger charge is -2.12. The van der Waals surface area contributed by atoms with Crippen LogP contribution in [0.2, 0.25) is 0 Å². The number of fused-ring (bicyclic) bond motifs is 1. The second-order valence-electron chi connectivity index (χ2n) is 6.43. The largest absolute Gasteiger partial charge is 0.396 e. The van der Waals surface area contributed by atoms with Crippen molar-refractivity contribution in [2.24, 2.45) is 0 Å². The number of hydrogen-bond donors (Lipinski definition) is 2. The van der Waals surface area contributed by atoms with Crippen LogP contribution in [0.1, 0.15) is 33.6 Å². The number of nitrogens with zero attached hydrogens (tertiary/aromatic N) is 3. The van der Waals surface area contributed by atoms with Gasteiger partial charge < -0.3 is 15.8 Å². The normalized spacial score (nSPS) is 16.9.